The van der Waals surface area contributed by atoms with E-state index in [1.165, 1.54) is 0 Å². The van der Waals surface area contributed by atoms with Crippen LogP contribution in [0, 0.1) is 5.92 Å². The quantitative estimate of drug-likeness (QED) is 0.489. The first-order valence-corrected chi connectivity index (χ1v) is 14.5. The third kappa shape index (κ3) is 7.25. The molecule has 1 aromatic rings. The van der Waals surface area contributed by atoms with E-state index < -0.39 is 9.84 Å². The monoisotopic (exact) mass is 495 g/mol. The molecule has 2 atom stereocenters. The van der Waals surface area contributed by atoms with E-state index in [2.05, 4.69) is 24.0 Å². The molecule has 9 heteroatoms. The van der Waals surface area contributed by atoms with Crippen LogP contribution in [-0.4, -0.2) is 94.3 Å². The van der Waals surface area contributed by atoms with Crippen molar-refractivity contribution in [3.8, 4) is 5.75 Å². The first kappa shape index (κ1) is 26.6. The summed E-state index contributed by atoms with van der Waals surface area (Å²) in [6, 6.07) is 8.40. The third-order valence-corrected chi connectivity index (χ3v) is 8.36. The first-order chi connectivity index (χ1) is 16.4. The largest absolute Gasteiger partial charge is 0.494 e. The van der Waals surface area contributed by atoms with Crippen LogP contribution in [0.2, 0.25) is 0 Å². The zero-order chi connectivity index (χ0) is 24.6. The van der Waals surface area contributed by atoms with Crippen molar-refractivity contribution in [1.29, 1.82) is 0 Å². The number of urea groups is 1. The Morgan fingerprint density at radius 3 is 2.29 bits per heavy atom. The van der Waals surface area contributed by atoms with Crippen LogP contribution < -0.4 is 9.64 Å². The van der Waals surface area contributed by atoms with E-state index in [1.807, 2.05) is 30.9 Å². The summed E-state index contributed by atoms with van der Waals surface area (Å²) < 4.78 is 34.9. The van der Waals surface area contributed by atoms with E-state index in [9.17, 15) is 13.2 Å². The molecule has 2 heterocycles. The van der Waals surface area contributed by atoms with E-state index in [1.54, 1.807) is 4.90 Å². The maximum Gasteiger partial charge on any atom is 0.320 e. The molecule has 0 aliphatic carbocycles. The van der Waals surface area contributed by atoms with Crippen LogP contribution in [0.5, 0.6) is 5.75 Å². The number of sulfone groups is 1. The van der Waals surface area contributed by atoms with Gasteiger partial charge in [0.25, 0.3) is 0 Å². The van der Waals surface area contributed by atoms with Gasteiger partial charge in [-0.2, -0.15) is 0 Å². The molecule has 3 rings (SSSR count). The molecule has 0 radical (unpaired) electrons. The second-order valence-corrected chi connectivity index (χ2v) is 11.5. The molecule has 34 heavy (non-hydrogen) atoms. The molecule has 1 aromatic carbocycles. The molecular weight excluding hydrogens is 454 g/mol. The Morgan fingerprint density at radius 1 is 0.971 bits per heavy atom. The number of nitrogens with zero attached hydrogens (tertiary/aromatic N) is 3. The maximum absolute atomic E-state index is 13.5. The molecular formula is C25H41N3O5S. The van der Waals surface area contributed by atoms with Gasteiger partial charge in [0.1, 0.15) is 5.75 Å². The van der Waals surface area contributed by atoms with Crippen LogP contribution in [-0.2, 0) is 14.6 Å². The topological polar surface area (TPSA) is 79.4 Å². The van der Waals surface area contributed by atoms with Crippen LogP contribution >= 0.6 is 0 Å². The van der Waals surface area contributed by atoms with Gasteiger partial charge in [-0.25, -0.2) is 13.2 Å². The Bertz CT molecular complexity index is 863. The second kappa shape index (κ2) is 12.6. The average molecular weight is 496 g/mol. The standard InChI is InChI=1S/C25H41N3O5S/c1-4-22-20-27(25(29)26-13-16-34(30,31)17-14-26)18-21(8-7-15-32-5-2)19-28(22)23-9-11-24(12-10-23)33-6-3/h9-12,21-22H,4-8,13-20H2,1-3H3. The Labute approximate surface area is 205 Å². The Kier molecular flexibility index (Phi) is 9.88. The highest BCUT2D eigenvalue weighted by Crippen LogP contribution is 2.28. The highest BCUT2D eigenvalue weighted by atomic mass is 32.2. The number of anilines is 1. The van der Waals surface area contributed by atoms with Crippen molar-refractivity contribution in [3.05, 3.63) is 24.3 Å². The van der Waals surface area contributed by atoms with Crippen molar-refractivity contribution in [2.24, 2.45) is 5.92 Å². The fourth-order valence-corrected chi connectivity index (χ4v) is 6.05. The number of hydrogen-bond acceptors (Lipinski definition) is 6. The lowest BCUT2D eigenvalue weighted by atomic mass is 10.0. The number of carbonyl (C=O) groups is 1. The lowest BCUT2D eigenvalue weighted by molar-refractivity contribution is 0.133. The summed E-state index contributed by atoms with van der Waals surface area (Å²) in [6.07, 6.45) is 2.84. The fraction of sp³-hybridized carbons (Fsp3) is 0.720. The van der Waals surface area contributed by atoms with E-state index in [4.69, 9.17) is 9.47 Å². The van der Waals surface area contributed by atoms with Gasteiger partial charge in [-0.05, 0) is 63.3 Å². The average Bonchev–Trinajstić information content (AvgIpc) is 3.02. The van der Waals surface area contributed by atoms with Crippen molar-refractivity contribution in [2.45, 2.75) is 46.1 Å². The van der Waals surface area contributed by atoms with Crippen LogP contribution in [0.15, 0.2) is 24.3 Å². The Morgan fingerprint density at radius 2 is 1.68 bits per heavy atom. The number of hydrogen-bond donors (Lipinski definition) is 0. The van der Waals surface area contributed by atoms with Crippen molar-refractivity contribution >= 4 is 21.6 Å². The summed E-state index contributed by atoms with van der Waals surface area (Å²) in [5.41, 5.74) is 1.14. The molecule has 192 valence electrons. The summed E-state index contributed by atoms with van der Waals surface area (Å²) in [5.74, 6) is 1.28. The van der Waals surface area contributed by atoms with E-state index in [0.29, 0.717) is 32.2 Å². The summed E-state index contributed by atoms with van der Waals surface area (Å²) in [7, 11) is -3.03. The molecule has 0 aromatic heterocycles. The minimum atomic E-state index is -3.03. The van der Waals surface area contributed by atoms with Crippen molar-refractivity contribution in [2.75, 3.05) is 69.0 Å². The van der Waals surface area contributed by atoms with Gasteiger partial charge < -0.3 is 24.2 Å². The molecule has 2 fully saturated rings. The van der Waals surface area contributed by atoms with Gasteiger partial charge in [0, 0.05) is 57.7 Å². The summed E-state index contributed by atoms with van der Waals surface area (Å²) in [5, 5.41) is 0. The normalized spacial score (nSPS) is 23.0. The highest BCUT2D eigenvalue weighted by molar-refractivity contribution is 7.91. The number of benzene rings is 1. The second-order valence-electron chi connectivity index (χ2n) is 9.17. The molecule has 0 saturated carbocycles. The molecule has 2 aliphatic rings. The lowest BCUT2D eigenvalue weighted by Gasteiger charge is -2.35. The summed E-state index contributed by atoms with van der Waals surface area (Å²) >= 11 is 0. The molecule has 8 nitrogen and oxygen atoms in total. The van der Waals surface area contributed by atoms with Gasteiger partial charge in [0.05, 0.1) is 18.1 Å². The first-order valence-electron chi connectivity index (χ1n) is 12.7. The van der Waals surface area contributed by atoms with Gasteiger partial charge in [-0.3, -0.25) is 0 Å². The zero-order valence-corrected chi connectivity index (χ0v) is 21.8. The van der Waals surface area contributed by atoms with Crippen LogP contribution in [0.3, 0.4) is 0 Å². The van der Waals surface area contributed by atoms with Crippen molar-refractivity contribution in [3.63, 3.8) is 0 Å². The smallest absolute Gasteiger partial charge is 0.320 e. The van der Waals surface area contributed by atoms with Crippen LogP contribution in [0.4, 0.5) is 10.5 Å². The van der Waals surface area contributed by atoms with Crippen molar-refractivity contribution in [1.82, 2.24) is 9.80 Å². The predicted octanol–water partition coefficient (Wildman–Crippen LogP) is 3.27. The van der Waals surface area contributed by atoms with Gasteiger partial charge in [-0.1, -0.05) is 6.92 Å². The molecule has 0 bridgehead atoms. The van der Waals surface area contributed by atoms with Gasteiger partial charge in [0.15, 0.2) is 9.84 Å². The fourth-order valence-electron chi connectivity index (χ4n) is 4.85. The minimum Gasteiger partial charge on any atom is -0.494 e. The number of rotatable bonds is 9. The Balaban J connectivity index is 1.78. The van der Waals surface area contributed by atoms with Crippen LogP contribution in [0.1, 0.15) is 40.0 Å². The van der Waals surface area contributed by atoms with Crippen LogP contribution in [0.25, 0.3) is 0 Å². The predicted molar refractivity (Wildman–Crippen MR) is 135 cm³/mol. The summed E-state index contributed by atoms with van der Waals surface area (Å²) in [4.78, 5) is 19.6. The van der Waals surface area contributed by atoms with Gasteiger partial charge >= 0.3 is 6.03 Å². The van der Waals surface area contributed by atoms with E-state index in [0.717, 1.165) is 43.9 Å². The minimum absolute atomic E-state index is 0.0308. The van der Waals surface area contributed by atoms with Crippen molar-refractivity contribution < 1.29 is 22.7 Å². The molecule has 0 spiro atoms. The van der Waals surface area contributed by atoms with Gasteiger partial charge in [0.2, 0.25) is 0 Å². The molecule has 2 amide bonds. The number of carbonyl (C=O) groups excluding carboxylic acids is 1. The number of amides is 2. The number of ether oxygens (including phenoxy) is 2. The highest BCUT2D eigenvalue weighted by Gasteiger charge is 2.34. The van der Waals surface area contributed by atoms with Gasteiger partial charge in [-0.15, -0.1) is 0 Å². The molecule has 2 aliphatic heterocycles. The molecule has 2 saturated heterocycles. The maximum atomic E-state index is 13.5. The zero-order valence-electron chi connectivity index (χ0n) is 20.9. The SMILES string of the molecule is CCOCCCC1CN(C(=O)N2CCS(=O)(=O)CC2)CC(CC)N(c2ccc(OCC)cc2)C1. The van der Waals surface area contributed by atoms with E-state index in [-0.39, 0.29) is 36.7 Å². The summed E-state index contributed by atoms with van der Waals surface area (Å²) in [6.45, 7) is 11.0. The third-order valence-electron chi connectivity index (χ3n) is 6.75. The molecule has 0 N–H and O–H groups in total. The lowest BCUT2D eigenvalue weighted by Crippen LogP contribution is -2.52. The van der Waals surface area contributed by atoms with E-state index >= 15 is 0 Å². The molecule has 2 unspecified atom stereocenters. The Hall–Kier alpha value is -2.00.